The second-order valence-corrected chi connectivity index (χ2v) is 13.3. The minimum atomic E-state index is -1.58. The Hall–Kier alpha value is -6.47. The first-order valence-electron chi connectivity index (χ1n) is 16.4. The van der Waals surface area contributed by atoms with Crippen LogP contribution in [0, 0.1) is 23.3 Å². The summed E-state index contributed by atoms with van der Waals surface area (Å²) in [6.45, 7) is 0. The first-order valence-corrected chi connectivity index (χ1v) is 17.2. The number of methoxy groups -OCH3 is 3. The molecule has 8 rings (SSSR count). The van der Waals surface area contributed by atoms with Crippen molar-refractivity contribution in [2.45, 2.75) is 9.79 Å². The Morgan fingerprint density at radius 1 is 0.574 bits per heavy atom. The molecular weight excluding hydrogens is 721 g/mol. The van der Waals surface area contributed by atoms with Gasteiger partial charge in [-0.15, -0.1) is 0 Å². The topological polar surface area (TPSA) is 105 Å². The average molecular weight is 749 g/mol. The molecule has 0 atom stereocenters. The van der Waals surface area contributed by atoms with E-state index in [9.17, 15) is 5.11 Å². The van der Waals surface area contributed by atoms with Crippen molar-refractivity contribution in [1.29, 1.82) is 0 Å². The number of fused-ring (bicyclic) bond motifs is 8. The maximum Gasteiger partial charge on any atom is 0.203 e. The molecule has 6 aromatic rings. The normalized spacial score (nSPS) is 12.0. The average Bonchev–Trinajstić information content (AvgIpc) is 4.01. The number of ether oxygens (including phenoxy) is 3. The lowest BCUT2D eigenvalue weighted by molar-refractivity contribution is 0.324. The van der Waals surface area contributed by atoms with Gasteiger partial charge in [0, 0.05) is 38.1 Å². The predicted octanol–water partition coefficient (Wildman–Crippen LogP) is 10.4. The smallest absolute Gasteiger partial charge is 0.203 e. The van der Waals surface area contributed by atoms with Crippen molar-refractivity contribution in [1.82, 2.24) is 19.9 Å². The van der Waals surface area contributed by atoms with E-state index in [0.717, 1.165) is 11.1 Å². The summed E-state index contributed by atoms with van der Waals surface area (Å²) in [5.41, 5.74) is 4.01. The maximum absolute atomic E-state index is 16.1. The Kier molecular flexibility index (Phi) is 8.86. The van der Waals surface area contributed by atoms with Gasteiger partial charge in [-0.3, -0.25) is 0 Å². The quantitative estimate of drug-likeness (QED) is 0.110. The van der Waals surface area contributed by atoms with Crippen molar-refractivity contribution < 1.29 is 36.9 Å². The Balaban J connectivity index is 1.37. The molecule has 5 heterocycles. The van der Waals surface area contributed by atoms with Crippen LogP contribution in [-0.4, -0.2) is 46.4 Å². The van der Waals surface area contributed by atoms with Crippen molar-refractivity contribution in [2.24, 2.45) is 0 Å². The van der Waals surface area contributed by atoms with Gasteiger partial charge in [-0.05, 0) is 103 Å². The number of H-pyrrole nitrogens is 2. The number of nitrogens with one attached hydrogen (secondary N) is 2. The zero-order chi connectivity index (χ0) is 37.7. The lowest BCUT2D eigenvalue weighted by atomic mass is 10.0. The molecular formula is C41H28F4N4O4S. The molecule has 0 saturated carbocycles. The zero-order valence-corrected chi connectivity index (χ0v) is 29.5. The van der Waals surface area contributed by atoms with Crippen LogP contribution >= 0.6 is 11.8 Å². The van der Waals surface area contributed by atoms with E-state index in [4.69, 9.17) is 19.2 Å². The van der Waals surface area contributed by atoms with Gasteiger partial charge in [-0.1, -0.05) is 11.8 Å². The van der Waals surface area contributed by atoms with E-state index in [1.54, 1.807) is 44.6 Å². The van der Waals surface area contributed by atoms with Gasteiger partial charge in [-0.25, -0.2) is 27.5 Å². The standard InChI is InChI=1S/C41H28F4N4O4S/c1-51-31-16-20(17-32(52-2)40(31)53-3)33-27-12-4-21(46-27)18-23-6-14-29(48-23)34(30-15-7-24(49-30)19-22-5-13-28(33)47-22)35-36(42)38(44)41(39(45)37(35)43)54-26-10-8-25(50)9-11-26/h4-19,46,49-50H,1-3H3. The van der Waals surface area contributed by atoms with Gasteiger partial charge in [0.05, 0.1) is 54.6 Å². The number of aromatic amines is 2. The van der Waals surface area contributed by atoms with E-state index >= 15 is 17.6 Å². The van der Waals surface area contributed by atoms with Crippen molar-refractivity contribution in [3.05, 3.63) is 119 Å². The minimum Gasteiger partial charge on any atom is -0.508 e. The van der Waals surface area contributed by atoms with Crippen molar-refractivity contribution in [2.75, 3.05) is 21.3 Å². The molecule has 0 aliphatic carbocycles. The Labute approximate surface area is 309 Å². The third-order valence-electron chi connectivity index (χ3n) is 8.88. The molecule has 0 saturated heterocycles. The molecule has 2 aliphatic heterocycles. The third-order valence-corrected chi connectivity index (χ3v) is 9.95. The fourth-order valence-electron chi connectivity index (χ4n) is 6.42. The van der Waals surface area contributed by atoms with E-state index in [0.29, 0.717) is 62.6 Å². The minimum absolute atomic E-state index is 0.0717. The molecule has 3 aromatic carbocycles. The lowest BCUT2D eigenvalue weighted by Crippen LogP contribution is -2.04. The number of phenols is 1. The summed E-state index contributed by atoms with van der Waals surface area (Å²) in [6, 6.07) is 19.4. The van der Waals surface area contributed by atoms with E-state index in [1.807, 2.05) is 36.4 Å². The Morgan fingerprint density at radius 3 is 1.61 bits per heavy atom. The fourth-order valence-corrected chi connectivity index (χ4v) is 7.28. The first kappa shape index (κ1) is 34.6. The summed E-state index contributed by atoms with van der Waals surface area (Å²) < 4.78 is 80.6. The van der Waals surface area contributed by atoms with Crippen LogP contribution in [0.3, 0.4) is 0 Å². The molecule has 0 unspecified atom stereocenters. The van der Waals surface area contributed by atoms with Crippen LogP contribution in [0.15, 0.2) is 82.6 Å². The second kappa shape index (κ2) is 13.8. The van der Waals surface area contributed by atoms with Gasteiger partial charge in [0.1, 0.15) is 5.75 Å². The molecule has 270 valence electrons. The van der Waals surface area contributed by atoms with Gasteiger partial charge in [0.25, 0.3) is 0 Å². The second-order valence-electron chi connectivity index (χ2n) is 12.2. The molecule has 3 N–H and O–H groups in total. The van der Waals surface area contributed by atoms with Crippen molar-refractivity contribution >= 4 is 58.1 Å². The summed E-state index contributed by atoms with van der Waals surface area (Å²) in [6.07, 6.45) is 6.83. The van der Waals surface area contributed by atoms with Crippen LogP contribution in [0.5, 0.6) is 23.0 Å². The van der Waals surface area contributed by atoms with Gasteiger partial charge >= 0.3 is 0 Å². The van der Waals surface area contributed by atoms with Crippen LogP contribution in [0.1, 0.15) is 22.8 Å². The summed E-state index contributed by atoms with van der Waals surface area (Å²) >= 11 is 0.498. The molecule has 0 radical (unpaired) electrons. The molecule has 0 spiro atoms. The molecule has 8 bridgehead atoms. The van der Waals surface area contributed by atoms with E-state index < -0.39 is 33.7 Å². The number of hydrogen-bond acceptors (Lipinski definition) is 7. The SMILES string of the molecule is COc1cc(-c2c3nc(cc4ccc([nH]4)c(-c4c(F)c(F)c(Sc5ccc(O)cc5)c(F)c4F)c4nc(cc5ccc2[nH]5)C=C4)C=C3)cc(OC)c1OC. The van der Waals surface area contributed by atoms with E-state index in [1.165, 1.54) is 37.5 Å². The molecule has 2 aliphatic rings. The Bertz CT molecular complexity index is 2670. The van der Waals surface area contributed by atoms with Gasteiger partial charge in [-0.2, -0.15) is 0 Å². The number of benzene rings is 3. The highest BCUT2D eigenvalue weighted by Crippen LogP contribution is 2.44. The number of hydrogen-bond donors (Lipinski definition) is 3. The number of nitrogens with zero attached hydrogens (tertiary/aromatic N) is 2. The van der Waals surface area contributed by atoms with E-state index in [2.05, 4.69) is 15.0 Å². The summed E-state index contributed by atoms with van der Waals surface area (Å²) in [5.74, 6) is -5.01. The molecule has 0 amide bonds. The van der Waals surface area contributed by atoms with Crippen LogP contribution in [0.2, 0.25) is 0 Å². The summed E-state index contributed by atoms with van der Waals surface area (Å²) in [7, 11) is 4.61. The van der Waals surface area contributed by atoms with Crippen LogP contribution in [0.25, 0.3) is 68.6 Å². The maximum atomic E-state index is 16.1. The first-order chi connectivity index (χ1) is 26.1. The van der Waals surface area contributed by atoms with Gasteiger partial charge < -0.3 is 29.3 Å². The molecule has 8 nitrogen and oxygen atoms in total. The number of rotatable bonds is 7. The monoisotopic (exact) mass is 748 g/mol. The summed E-state index contributed by atoms with van der Waals surface area (Å²) in [4.78, 5) is 15.5. The van der Waals surface area contributed by atoms with Gasteiger partial charge in [0.2, 0.25) is 5.75 Å². The number of halogens is 4. The Morgan fingerprint density at radius 2 is 1.09 bits per heavy atom. The highest BCUT2D eigenvalue weighted by atomic mass is 32.2. The molecule has 54 heavy (non-hydrogen) atoms. The zero-order valence-electron chi connectivity index (χ0n) is 28.7. The highest BCUT2D eigenvalue weighted by Gasteiger charge is 2.29. The fraction of sp³-hybridized carbons (Fsp3) is 0.0732. The number of phenolic OH excluding ortho intramolecular Hbond substituents is 1. The van der Waals surface area contributed by atoms with Crippen molar-refractivity contribution in [3.63, 3.8) is 0 Å². The van der Waals surface area contributed by atoms with Crippen LogP contribution < -0.4 is 14.2 Å². The predicted molar refractivity (Wildman–Crippen MR) is 201 cm³/mol. The van der Waals surface area contributed by atoms with Gasteiger partial charge in [0.15, 0.2) is 34.8 Å². The van der Waals surface area contributed by atoms with Crippen molar-refractivity contribution in [3.8, 4) is 45.3 Å². The number of aromatic hydroxyl groups is 1. The molecule has 0 fully saturated rings. The summed E-state index contributed by atoms with van der Waals surface area (Å²) in [5, 5.41) is 9.59. The highest BCUT2D eigenvalue weighted by molar-refractivity contribution is 7.99. The van der Waals surface area contributed by atoms with Crippen LogP contribution in [0.4, 0.5) is 17.6 Å². The van der Waals surface area contributed by atoms with E-state index in [-0.39, 0.29) is 27.4 Å². The molecule has 3 aromatic heterocycles. The number of aromatic nitrogens is 4. The lowest BCUT2D eigenvalue weighted by Gasteiger charge is -2.14. The molecule has 13 heteroatoms. The largest absolute Gasteiger partial charge is 0.508 e. The third kappa shape index (κ3) is 6.11. The van der Waals surface area contributed by atoms with Crippen LogP contribution in [-0.2, 0) is 0 Å².